The molecule has 6 atom stereocenters. The van der Waals surface area contributed by atoms with Crippen LogP contribution in [0.3, 0.4) is 0 Å². The van der Waals surface area contributed by atoms with Crippen molar-refractivity contribution >= 4 is 15.9 Å². The number of hydrogen-bond acceptors (Lipinski definition) is 9. The van der Waals surface area contributed by atoms with E-state index in [4.69, 9.17) is 9.47 Å². The maximum absolute atomic E-state index is 13.0. The maximum atomic E-state index is 13.0. The fourth-order valence-electron chi connectivity index (χ4n) is 4.60. The van der Waals surface area contributed by atoms with E-state index in [1.807, 2.05) is 0 Å². The molecule has 0 aromatic heterocycles. The molecule has 0 bridgehead atoms. The van der Waals surface area contributed by atoms with Gasteiger partial charge in [-0.15, -0.1) is 0 Å². The number of hydrogen-bond donors (Lipinski definition) is 6. The molecule has 1 aliphatic carbocycles. The lowest BCUT2D eigenvalue weighted by Gasteiger charge is -2.49. The molecule has 5 rings (SSSR count). The molecule has 3 aliphatic rings. The molecule has 11 nitrogen and oxygen atoms in total. The Morgan fingerprint density at radius 3 is 2.47 bits per heavy atom. The third-order valence-corrected chi connectivity index (χ3v) is 7.58. The smallest absolute Gasteiger partial charge is 0.255 e. The van der Waals surface area contributed by atoms with E-state index in [9.17, 15) is 33.6 Å². The number of aliphatic hydroxyl groups is 3. The van der Waals surface area contributed by atoms with E-state index in [2.05, 4.69) is 10.0 Å². The fraction of sp³-hybridized carbons (Fsp3) is 0.350. The SMILES string of the molecule is O=C1NC2C(O)C(O)C(O)C(NS(=O)(=O)c3ccccc3)C2c2cc3c(c(O)c21)OCO3. The second-order valence-corrected chi connectivity index (χ2v) is 9.59. The van der Waals surface area contributed by atoms with E-state index in [-0.39, 0.29) is 34.3 Å². The highest BCUT2D eigenvalue weighted by Gasteiger charge is 2.55. The summed E-state index contributed by atoms with van der Waals surface area (Å²) >= 11 is 0. The molecule has 0 radical (unpaired) electrons. The Kier molecular flexibility index (Phi) is 4.80. The van der Waals surface area contributed by atoms with Gasteiger partial charge in [0, 0.05) is 5.92 Å². The quantitative estimate of drug-likeness (QED) is 0.325. The monoisotopic (exact) mass is 464 g/mol. The van der Waals surface area contributed by atoms with Gasteiger partial charge in [0.25, 0.3) is 5.91 Å². The third kappa shape index (κ3) is 3.03. The molecule has 0 spiro atoms. The normalized spacial score (nSPS) is 30.9. The Bertz CT molecular complexity index is 1190. The molecule has 1 amide bonds. The highest BCUT2D eigenvalue weighted by molar-refractivity contribution is 7.89. The number of carbonyl (C=O) groups excluding carboxylic acids is 1. The summed E-state index contributed by atoms with van der Waals surface area (Å²) in [6, 6.07) is 6.32. The van der Waals surface area contributed by atoms with Crippen molar-refractivity contribution < 1.29 is 43.1 Å². The fourth-order valence-corrected chi connectivity index (χ4v) is 5.89. The Hall–Kier alpha value is -2.90. The second kappa shape index (κ2) is 7.32. The zero-order chi connectivity index (χ0) is 22.8. The van der Waals surface area contributed by atoms with Crippen LogP contribution in [-0.2, 0) is 10.0 Å². The molecule has 2 aromatic rings. The molecule has 2 heterocycles. The van der Waals surface area contributed by atoms with E-state index in [1.54, 1.807) is 6.07 Å². The molecule has 0 saturated heterocycles. The molecule has 12 heteroatoms. The summed E-state index contributed by atoms with van der Waals surface area (Å²) in [4.78, 5) is 12.7. The van der Waals surface area contributed by atoms with E-state index >= 15 is 0 Å². The van der Waals surface area contributed by atoms with Crippen molar-refractivity contribution in [2.45, 2.75) is 41.2 Å². The van der Waals surface area contributed by atoms with Crippen molar-refractivity contribution in [1.29, 1.82) is 0 Å². The number of carbonyl (C=O) groups is 1. The predicted octanol–water partition coefficient (Wildman–Crippen LogP) is -1.24. The van der Waals surface area contributed by atoms with Gasteiger partial charge in [0.05, 0.1) is 28.6 Å². The van der Waals surface area contributed by atoms with Gasteiger partial charge in [-0.2, -0.15) is 0 Å². The summed E-state index contributed by atoms with van der Waals surface area (Å²) in [6.07, 6.45) is -5.07. The summed E-state index contributed by atoms with van der Waals surface area (Å²) in [5, 5.41) is 44.8. The number of amides is 1. The number of fused-ring (bicyclic) bond motifs is 4. The van der Waals surface area contributed by atoms with Gasteiger partial charge >= 0.3 is 0 Å². The molecule has 6 N–H and O–H groups in total. The minimum atomic E-state index is -4.16. The number of ether oxygens (including phenoxy) is 2. The number of rotatable bonds is 3. The predicted molar refractivity (Wildman–Crippen MR) is 107 cm³/mol. The average Bonchev–Trinajstić information content (AvgIpc) is 3.25. The lowest BCUT2D eigenvalue weighted by molar-refractivity contribution is -0.115. The van der Waals surface area contributed by atoms with Gasteiger partial charge < -0.3 is 35.2 Å². The van der Waals surface area contributed by atoms with Crippen molar-refractivity contribution in [2.24, 2.45) is 0 Å². The molecule has 2 aromatic carbocycles. The van der Waals surface area contributed by atoms with Crippen LogP contribution >= 0.6 is 0 Å². The maximum Gasteiger partial charge on any atom is 0.255 e. The van der Waals surface area contributed by atoms with Crippen LogP contribution in [0.4, 0.5) is 0 Å². The highest BCUT2D eigenvalue weighted by Crippen LogP contribution is 2.50. The van der Waals surface area contributed by atoms with Gasteiger partial charge in [0.2, 0.25) is 22.6 Å². The third-order valence-electron chi connectivity index (χ3n) is 6.11. The van der Waals surface area contributed by atoms with E-state index in [0.717, 1.165) is 0 Å². The van der Waals surface area contributed by atoms with Crippen LogP contribution in [0.5, 0.6) is 17.2 Å². The molecule has 6 unspecified atom stereocenters. The first-order valence-corrected chi connectivity index (χ1v) is 11.3. The molecular formula is C20H20N2O9S. The minimum absolute atomic E-state index is 0.0318. The first-order valence-electron chi connectivity index (χ1n) is 9.78. The minimum Gasteiger partial charge on any atom is -0.504 e. The number of sulfonamides is 1. The van der Waals surface area contributed by atoms with Gasteiger partial charge in [-0.05, 0) is 23.8 Å². The molecule has 32 heavy (non-hydrogen) atoms. The first kappa shape index (κ1) is 21.0. The van der Waals surface area contributed by atoms with Crippen LogP contribution in [-0.4, -0.2) is 71.9 Å². The van der Waals surface area contributed by atoms with Gasteiger partial charge in [0.1, 0.15) is 12.2 Å². The van der Waals surface area contributed by atoms with Crippen LogP contribution in [0.25, 0.3) is 0 Å². The summed E-state index contributed by atoms with van der Waals surface area (Å²) in [5.41, 5.74) is -0.0403. The zero-order valence-electron chi connectivity index (χ0n) is 16.4. The summed E-state index contributed by atoms with van der Waals surface area (Å²) in [6.45, 7) is -0.185. The molecular weight excluding hydrogens is 444 g/mol. The van der Waals surface area contributed by atoms with Crippen LogP contribution in [0.1, 0.15) is 21.8 Å². The van der Waals surface area contributed by atoms with E-state index in [1.165, 1.54) is 30.3 Å². The number of nitrogens with one attached hydrogen (secondary N) is 2. The number of aliphatic hydroxyl groups excluding tert-OH is 3. The van der Waals surface area contributed by atoms with Crippen LogP contribution in [0.2, 0.25) is 0 Å². The van der Waals surface area contributed by atoms with Crippen LogP contribution in [0.15, 0.2) is 41.3 Å². The molecule has 2 aliphatic heterocycles. The lowest BCUT2D eigenvalue weighted by Crippen LogP contribution is -2.69. The number of phenols is 1. The average molecular weight is 464 g/mol. The summed E-state index contributed by atoms with van der Waals surface area (Å²) < 4.78 is 38.9. The van der Waals surface area contributed by atoms with E-state index in [0.29, 0.717) is 0 Å². The second-order valence-electron chi connectivity index (χ2n) is 7.88. The molecule has 1 saturated carbocycles. The summed E-state index contributed by atoms with van der Waals surface area (Å²) in [5.74, 6) is -2.18. The lowest BCUT2D eigenvalue weighted by atomic mass is 9.69. The highest BCUT2D eigenvalue weighted by atomic mass is 32.2. The molecule has 170 valence electrons. The van der Waals surface area contributed by atoms with Gasteiger partial charge in [0.15, 0.2) is 11.5 Å². The van der Waals surface area contributed by atoms with Gasteiger partial charge in [-0.3, -0.25) is 4.79 Å². The van der Waals surface area contributed by atoms with Crippen molar-refractivity contribution in [3.63, 3.8) is 0 Å². The van der Waals surface area contributed by atoms with Crippen molar-refractivity contribution in [3.05, 3.63) is 47.5 Å². The number of aromatic hydroxyl groups is 1. The van der Waals surface area contributed by atoms with Crippen molar-refractivity contribution in [2.75, 3.05) is 6.79 Å². The van der Waals surface area contributed by atoms with Crippen LogP contribution < -0.4 is 19.5 Å². The summed E-state index contributed by atoms with van der Waals surface area (Å²) in [7, 11) is -4.16. The Morgan fingerprint density at radius 1 is 1.03 bits per heavy atom. The Morgan fingerprint density at radius 2 is 1.75 bits per heavy atom. The number of phenolic OH excluding ortho intramolecular Hbond substituents is 1. The topological polar surface area (TPSA) is 175 Å². The largest absolute Gasteiger partial charge is 0.504 e. The Balaban J connectivity index is 1.65. The van der Waals surface area contributed by atoms with Gasteiger partial charge in [-0.1, -0.05) is 18.2 Å². The van der Waals surface area contributed by atoms with Crippen molar-refractivity contribution in [3.8, 4) is 17.2 Å². The first-order chi connectivity index (χ1) is 15.2. The standard InChI is InChI=1S/C20H20N2O9S/c23-15-12-9(6-10-19(15)31-7-30-10)11-13(21-20(12)27)16(24)18(26)17(25)14(11)22-32(28,29)8-4-2-1-3-5-8/h1-6,11,13-14,16-18,22-26H,7H2,(H,21,27). The number of benzene rings is 2. The van der Waals surface area contributed by atoms with Crippen molar-refractivity contribution in [1.82, 2.24) is 10.0 Å². The zero-order valence-corrected chi connectivity index (χ0v) is 17.2. The van der Waals surface area contributed by atoms with Crippen LogP contribution in [0, 0.1) is 0 Å². The Labute approximate surface area is 182 Å². The van der Waals surface area contributed by atoms with E-state index < -0.39 is 58.0 Å². The van der Waals surface area contributed by atoms with Gasteiger partial charge in [-0.25, -0.2) is 13.1 Å². The molecule has 1 fully saturated rings.